The normalized spacial score (nSPS) is 12.0. The summed E-state index contributed by atoms with van der Waals surface area (Å²) >= 11 is 7.53. The molecule has 0 spiro atoms. The van der Waals surface area contributed by atoms with Gasteiger partial charge in [0.1, 0.15) is 12.6 Å². The van der Waals surface area contributed by atoms with E-state index in [0.717, 1.165) is 20.3 Å². The predicted molar refractivity (Wildman–Crippen MR) is 154 cm³/mol. The number of hydrogen-bond acceptors (Lipinski definition) is 5. The van der Waals surface area contributed by atoms with Crippen LogP contribution in [0.5, 0.6) is 0 Å². The summed E-state index contributed by atoms with van der Waals surface area (Å²) in [5.41, 5.74) is 2.07. The van der Waals surface area contributed by atoms with Gasteiger partial charge in [0.2, 0.25) is 11.8 Å². The van der Waals surface area contributed by atoms with Gasteiger partial charge in [-0.15, -0.1) is 11.8 Å². The number of carbonyl (C=O) groups is 2. The average Bonchev–Trinajstić information content (AvgIpc) is 2.91. The summed E-state index contributed by atoms with van der Waals surface area (Å²) in [7, 11) is -4.10. The van der Waals surface area contributed by atoms with E-state index in [9.17, 15) is 18.0 Å². The van der Waals surface area contributed by atoms with Crippen LogP contribution in [0, 0.1) is 6.92 Å². The van der Waals surface area contributed by atoms with E-state index in [2.05, 4.69) is 5.32 Å². The van der Waals surface area contributed by atoms with Gasteiger partial charge in [0, 0.05) is 23.0 Å². The molecule has 3 rings (SSSR count). The lowest BCUT2D eigenvalue weighted by Gasteiger charge is -2.32. The Labute approximate surface area is 234 Å². The number of carbonyl (C=O) groups excluding carboxylic acids is 2. The Bertz CT molecular complexity index is 1350. The van der Waals surface area contributed by atoms with Gasteiger partial charge in [-0.1, -0.05) is 41.4 Å². The number of nitrogens with one attached hydrogen (secondary N) is 1. The number of nitrogens with zero attached hydrogens (tertiary/aromatic N) is 2. The van der Waals surface area contributed by atoms with E-state index in [1.807, 2.05) is 13.2 Å². The quantitative estimate of drug-likeness (QED) is 0.322. The Morgan fingerprint density at radius 1 is 0.974 bits per heavy atom. The smallest absolute Gasteiger partial charge is 0.264 e. The van der Waals surface area contributed by atoms with Crippen molar-refractivity contribution in [1.82, 2.24) is 10.2 Å². The molecule has 0 aliphatic rings. The summed E-state index contributed by atoms with van der Waals surface area (Å²) in [4.78, 5) is 28.9. The van der Waals surface area contributed by atoms with Crippen LogP contribution in [0.2, 0.25) is 5.02 Å². The number of hydrogen-bond donors (Lipinski definition) is 1. The Morgan fingerprint density at radius 2 is 1.58 bits per heavy atom. The average molecular weight is 574 g/mol. The molecule has 3 aromatic carbocycles. The Balaban J connectivity index is 2.01. The van der Waals surface area contributed by atoms with Crippen LogP contribution in [0.1, 0.15) is 25.0 Å². The Morgan fingerprint density at radius 3 is 2.13 bits per heavy atom. The van der Waals surface area contributed by atoms with Crippen LogP contribution in [-0.2, 0) is 26.2 Å². The third kappa shape index (κ3) is 7.30. The predicted octanol–water partition coefficient (Wildman–Crippen LogP) is 5.12. The van der Waals surface area contributed by atoms with Gasteiger partial charge in [-0.05, 0) is 81.1 Å². The second-order valence-corrected chi connectivity index (χ2v) is 11.9. The number of aryl methyl sites for hydroxylation is 1. The first-order valence-corrected chi connectivity index (χ1v) is 15.2. The highest BCUT2D eigenvalue weighted by atomic mass is 35.5. The lowest BCUT2D eigenvalue weighted by Crippen LogP contribution is -2.51. The molecular weight excluding hydrogens is 542 g/mol. The van der Waals surface area contributed by atoms with Gasteiger partial charge in [0.25, 0.3) is 10.0 Å². The van der Waals surface area contributed by atoms with E-state index in [4.69, 9.17) is 11.6 Å². The molecule has 1 N–H and O–H groups in total. The minimum absolute atomic E-state index is 0.0738. The molecule has 0 heterocycles. The summed E-state index contributed by atoms with van der Waals surface area (Å²) < 4.78 is 28.8. The summed E-state index contributed by atoms with van der Waals surface area (Å²) in [5, 5.41) is 3.29. The van der Waals surface area contributed by atoms with Gasteiger partial charge in [-0.2, -0.15) is 0 Å². The topological polar surface area (TPSA) is 86.8 Å². The molecule has 0 fully saturated rings. The highest BCUT2D eigenvalue weighted by Crippen LogP contribution is 2.26. The molecule has 0 bridgehead atoms. The van der Waals surface area contributed by atoms with Gasteiger partial charge in [-0.25, -0.2) is 8.42 Å². The molecular formula is C28H32ClN3O4S2. The fourth-order valence-corrected chi connectivity index (χ4v) is 5.75. The molecule has 10 heteroatoms. The number of amides is 2. The lowest BCUT2D eigenvalue weighted by molar-refractivity contribution is -0.139. The summed E-state index contributed by atoms with van der Waals surface area (Å²) in [5.74, 6) is -0.837. The van der Waals surface area contributed by atoms with Crippen molar-refractivity contribution in [3.05, 3.63) is 88.9 Å². The standard InChI is InChI=1S/C28H32ClN3O4S2/c1-5-30-28(34)21(3)31(18-22-8-10-23(29)11-9-22)27(33)19-32(24-12-6-20(2)7-13-24)38(35,36)26-16-14-25(37-4)15-17-26/h6-17,21H,5,18-19H2,1-4H3,(H,30,34)/t21-/m1/s1. The second-order valence-electron chi connectivity index (χ2n) is 8.74. The molecule has 0 aliphatic heterocycles. The molecule has 3 aromatic rings. The molecule has 202 valence electrons. The maximum atomic E-state index is 13.8. The third-order valence-electron chi connectivity index (χ3n) is 6.03. The largest absolute Gasteiger partial charge is 0.355 e. The van der Waals surface area contributed by atoms with Crippen molar-refractivity contribution < 1.29 is 18.0 Å². The summed E-state index contributed by atoms with van der Waals surface area (Å²) in [6.45, 7) is 5.36. The van der Waals surface area contributed by atoms with Crippen molar-refractivity contribution in [2.75, 3.05) is 23.7 Å². The van der Waals surface area contributed by atoms with Gasteiger partial charge in [-0.3, -0.25) is 13.9 Å². The SMILES string of the molecule is CCNC(=O)[C@@H](C)N(Cc1ccc(Cl)cc1)C(=O)CN(c1ccc(C)cc1)S(=O)(=O)c1ccc(SC)cc1. The molecule has 1 atom stereocenters. The fraction of sp³-hybridized carbons (Fsp3) is 0.286. The number of benzene rings is 3. The molecule has 0 unspecified atom stereocenters. The van der Waals surface area contributed by atoms with Crippen molar-refractivity contribution in [2.45, 2.75) is 43.1 Å². The van der Waals surface area contributed by atoms with Crippen molar-refractivity contribution in [3.63, 3.8) is 0 Å². The Kier molecular flexibility index (Phi) is 10.2. The number of rotatable bonds is 11. The van der Waals surface area contributed by atoms with Crippen molar-refractivity contribution in [2.24, 2.45) is 0 Å². The first-order valence-electron chi connectivity index (χ1n) is 12.1. The monoisotopic (exact) mass is 573 g/mol. The van der Waals surface area contributed by atoms with E-state index in [1.165, 1.54) is 28.8 Å². The maximum Gasteiger partial charge on any atom is 0.264 e. The van der Waals surface area contributed by atoms with Crippen molar-refractivity contribution >= 4 is 50.9 Å². The number of sulfonamides is 1. The van der Waals surface area contributed by atoms with Crippen LogP contribution >= 0.6 is 23.4 Å². The lowest BCUT2D eigenvalue weighted by atomic mass is 10.1. The number of halogens is 1. The molecule has 38 heavy (non-hydrogen) atoms. The summed E-state index contributed by atoms with van der Waals surface area (Å²) in [6, 6.07) is 19.6. The first-order chi connectivity index (χ1) is 18.1. The fourth-order valence-electron chi connectivity index (χ4n) is 3.81. The second kappa shape index (κ2) is 13.2. The van der Waals surface area contributed by atoms with Crippen molar-refractivity contribution in [1.29, 1.82) is 0 Å². The van der Waals surface area contributed by atoms with E-state index < -0.39 is 28.5 Å². The van der Waals surface area contributed by atoms with Crippen LogP contribution in [-0.4, -0.2) is 50.5 Å². The van der Waals surface area contributed by atoms with E-state index in [0.29, 0.717) is 17.3 Å². The zero-order valence-corrected chi connectivity index (χ0v) is 24.2. The molecule has 0 radical (unpaired) electrons. The number of likely N-dealkylation sites (N-methyl/N-ethyl adjacent to an activating group) is 1. The first kappa shape index (κ1) is 29.5. The molecule has 0 aliphatic carbocycles. The van der Waals surface area contributed by atoms with Gasteiger partial charge in [0.05, 0.1) is 10.6 Å². The minimum Gasteiger partial charge on any atom is -0.355 e. The van der Waals surface area contributed by atoms with E-state index in [-0.39, 0.29) is 17.3 Å². The molecule has 2 amide bonds. The van der Waals surface area contributed by atoms with E-state index >= 15 is 0 Å². The highest BCUT2D eigenvalue weighted by molar-refractivity contribution is 7.98. The van der Waals surface area contributed by atoms with Crippen LogP contribution in [0.15, 0.2) is 82.6 Å². The third-order valence-corrected chi connectivity index (χ3v) is 8.82. The number of thioether (sulfide) groups is 1. The Hall–Kier alpha value is -3.01. The maximum absolute atomic E-state index is 13.8. The van der Waals surface area contributed by atoms with Crippen LogP contribution in [0.4, 0.5) is 5.69 Å². The van der Waals surface area contributed by atoms with Gasteiger partial charge in [0.15, 0.2) is 0 Å². The van der Waals surface area contributed by atoms with Gasteiger partial charge >= 0.3 is 0 Å². The molecule has 0 aromatic heterocycles. The zero-order chi connectivity index (χ0) is 27.9. The zero-order valence-electron chi connectivity index (χ0n) is 21.8. The van der Waals surface area contributed by atoms with Gasteiger partial charge < -0.3 is 10.2 Å². The van der Waals surface area contributed by atoms with E-state index in [1.54, 1.807) is 74.5 Å². The molecule has 0 saturated heterocycles. The minimum atomic E-state index is -4.10. The molecule has 0 saturated carbocycles. The van der Waals surface area contributed by atoms with Crippen molar-refractivity contribution in [3.8, 4) is 0 Å². The van der Waals surface area contributed by atoms with Crippen LogP contribution in [0.3, 0.4) is 0 Å². The highest BCUT2D eigenvalue weighted by Gasteiger charge is 2.32. The molecule has 7 nitrogen and oxygen atoms in total. The number of anilines is 1. The van der Waals surface area contributed by atoms with Crippen LogP contribution in [0.25, 0.3) is 0 Å². The van der Waals surface area contributed by atoms with Crippen LogP contribution < -0.4 is 9.62 Å². The summed E-state index contributed by atoms with van der Waals surface area (Å²) in [6.07, 6.45) is 1.91.